The Kier molecular flexibility index (Phi) is 7.81. The molecule has 0 spiro atoms. The lowest BCUT2D eigenvalue weighted by Gasteiger charge is -2.36. The number of hydrogen-bond donors (Lipinski definition) is 2. The van der Waals surface area contributed by atoms with Crippen molar-refractivity contribution in [3.8, 4) is 0 Å². The summed E-state index contributed by atoms with van der Waals surface area (Å²) in [5.41, 5.74) is 1.11. The van der Waals surface area contributed by atoms with Crippen LogP contribution in [0.4, 0.5) is 5.69 Å². The van der Waals surface area contributed by atoms with E-state index in [4.69, 9.17) is 0 Å². The van der Waals surface area contributed by atoms with Crippen LogP contribution in [0.15, 0.2) is 42.7 Å². The molecule has 1 aliphatic rings. The second-order valence-electron chi connectivity index (χ2n) is 7.62. The van der Waals surface area contributed by atoms with E-state index < -0.39 is 5.54 Å². The van der Waals surface area contributed by atoms with Gasteiger partial charge in [0.2, 0.25) is 5.91 Å². The number of anilines is 1. The molecule has 1 aromatic heterocycles. The molecule has 0 atom stereocenters. The molecule has 1 saturated heterocycles. The lowest BCUT2D eigenvalue weighted by molar-refractivity contribution is -0.131. The minimum absolute atomic E-state index is 0. The van der Waals surface area contributed by atoms with Gasteiger partial charge in [-0.3, -0.25) is 14.3 Å². The first-order chi connectivity index (χ1) is 13.4. The molecule has 0 saturated carbocycles. The molecule has 1 fully saturated rings. The molecule has 1 aliphatic heterocycles. The molecule has 0 radical (unpaired) electrons. The number of carbonyl (C=O) groups is 2. The second-order valence-corrected chi connectivity index (χ2v) is 7.62. The third kappa shape index (κ3) is 5.16. The average molecular weight is 420 g/mol. The predicted octanol–water partition coefficient (Wildman–Crippen LogP) is 2.78. The van der Waals surface area contributed by atoms with Crippen LogP contribution in [-0.2, 0) is 21.7 Å². The van der Waals surface area contributed by atoms with Gasteiger partial charge in [0, 0.05) is 37.6 Å². The van der Waals surface area contributed by atoms with Crippen LogP contribution in [-0.4, -0.2) is 45.6 Å². The van der Waals surface area contributed by atoms with Crippen molar-refractivity contribution < 1.29 is 9.59 Å². The molecule has 0 bridgehead atoms. The molecular weight excluding hydrogens is 390 g/mol. The molecular formula is C21H30ClN5O2. The van der Waals surface area contributed by atoms with E-state index in [2.05, 4.69) is 15.7 Å². The van der Waals surface area contributed by atoms with E-state index >= 15 is 0 Å². The van der Waals surface area contributed by atoms with Crippen molar-refractivity contribution in [2.45, 2.75) is 51.7 Å². The molecule has 0 unspecified atom stereocenters. The van der Waals surface area contributed by atoms with E-state index in [9.17, 15) is 9.59 Å². The fraction of sp³-hybridized carbons (Fsp3) is 0.476. The highest BCUT2D eigenvalue weighted by Gasteiger charge is 2.42. The van der Waals surface area contributed by atoms with Gasteiger partial charge in [-0.1, -0.05) is 12.1 Å². The molecule has 29 heavy (non-hydrogen) atoms. The van der Waals surface area contributed by atoms with Crippen molar-refractivity contribution in [3.63, 3.8) is 0 Å². The van der Waals surface area contributed by atoms with Gasteiger partial charge in [0.25, 0.3) is 5.91 Å². The maximum Gasteiger partial charge on any atom is 0.252 e. The van der Waals surface area contributed by atoms with E-state index in [1.54, 1.807) is 17.8 Å². The SMILES string of the molecule is CC(=O)N(Cc1ccc(NC(=O)C2(n3cccn3)CCNCC2)cc1)C(C)C.Cl. The van der Waals surface area contributed by atoms with E-state index in [0.717, 1.165) is 24.3 Å². The van der Waals surface area contributed by atoms with Gasteiger partial charge >= 0.3 is 0 Å². The van der Waals surface area contributed by atoms with Gasteiger partial charge in [-0.25, -0.2) is 0 Å². The summed E-state index contributed by atoms with van der Waals surface area (Å²) in [6.07, 6.45) is 4.96. The van der Waals surface area contributed by atoms with Crippen LogP contribution in [0, 0.1) is 0 Å². The van der Waals surface area contributed by atoms with Gasteiger partial charge in [0.1, 0.15) is 5.54 Å². The summed E-state index contributed by atoms with van der Waals surface area (Å²) in [5.74, 6) is 0.0115. The van der Waals surface area contributed by atoms with Gasteiger partial charge in [-0.05, 0) is 63.5 Å². The van der Waals surface area contributed by atoms with Crippen LogP contribution in [0.25, 0.3) is 0 Å². The van der Waals surface area contributed by atoms with Crippen LogP contribution < -0.4 is 10.6 Å². The third-order valence-electron chi connectivity index (χ3n) is 5.39. The monoisotopic (exact) mass is 419 g/mol. The first-order valence-corrected chi connectivity index (χ1v) is 9.81. The van der Waals surface area contributed by atoms with E-state index in [0.29, 0.717) is 19.4 Å². The summed E-state index contributed by atoms with van der Waals surface area (Å²) >= 11 is 0. The number of hydrogen-bond acceptors (Lipinski definition) is 4. The highest BCUT2D eigenvalue weighted by atomic mass is 35.5. The fourth-order valence-electron chi connectivity index (χ4n) is 3.72. The molecule has 1 aromatic carbocycles. The smallest absolute Gasteiger partial charge is 0.252 e. The Labute approximate surface area is 178 Å². The Balaban J connectivity index is 0.00000300. The fourth-order valence-corrected chi connectivity index (χ4v) is 3.72. The minimum Gasteiger partial charge on any atom is -0.336 e. The summed E-state index contributed by atoms with van der Waals surface area (Å²) in [6, 6.07) is 9.69. The second kappa shape index (κ2) is 9.89. The van der Waals surface area contributed by atoms with Crippen LogP contribution >= 0.6 is 12.4 Å². The first-order valence-electron chi connectivity index (χ1n) is 9.81. The summed E-state index contributed by atoms with van der Waals surface area (Å²) in [4.78, 5) is 26.8. The Morgan fingerprint density at radius 1 is 1.24 bits per heavy atom. The molecule has 7 nitrogen and oxygen atoms in total. The quantitative estimate of drug-likeness (QED) is 0.754. The minimum atomic E-state index is -0.670. The molecule has 2 heterocycles. The molecule has 2 amide bonds. The topological polar surface area (TPSA) is 79.3 Å². The summed E-state index contributed by atoms with van der Waals surface area (Å²) < 4.78 is 1.78. The van der Waals surface area contributed by atoms with Gasteiger partial charge in [-0.2, -0.15) is 5.10 Å². The Morgan fingerprint density at radius 3 is 2.41 bits per heavy atom. The molecule has 2 aromatic rings. The summed E-state index contributed by atoms with van der Waals surface area (Å²) in [6.45, 7) is 7.71. The zero-order valence-corrected chi connectivity index (χ0v) is 18.0. The number of nitrogens with zero attached hydrogens (tertiary/aromatic N) is 3. The number of halogens is 1. The van der Waals surface area contributed by atoms with Gasteiger partial charge in [-0.15, -0.1) is 12.4 Å². The average Bonchev–Trinajstić information content (AvgIpc) is 3.22. The predicted molar refractivity (Wildman–Crippen MR) is 116 cm³/mol. The normalized spacial score (nSPS) is 15.4. The number of rotatable bonds is 6. The molecule has 0 aliphatic carbocycles. The Hall–Kier alpha value is -2.38. The lowest BCUT2D eigenvalue weighted by atomic mass is 9.87. The number of aromatic nitrogens is 2. The number of piperidine rings is 1. The van der Waals surface area contributed by atoms with Crippen molar-refractivity contribution in [2.24, 2.45) is 0 Å². The van der Waals surface area contributed by atoms with E-state index in [1.165, 1.54) is 0 Å². The van der Waals surface area contributed by atoms with Crippen LogP contribution in [0.3, 0.4) is 0 Å². The van der Waals surface area contributed by atoms with Crippen molar-refractivity contribution in [2.75, 3.05) is 18.4 Å². The Bertz CT molecular complexity index is 799. The Morgan fingerprint density at radius 2 is 1.90 bits per heavy atom. The van der Waals surface area contributed by atoms with E-state index in [-0.39, 0.29) is 30.3 Å². The zero-order valence-electron chi connectivity index (χ0n) is 17.2. The number of nitrogens with one attached hydrogen (secondary N) is 2. The standard InChI is InChI=1S/C21H29N5O2.ClH/c1-16(2)25(17(3)27)15-18-5-7-19(8-6-18)24-20(28)21(9-12-22-13-10-21)26-14-4-11-23-26;/h4-8,11,14,16,22H,9-10,12-13,15H2,1-3H3,(H,24,28);1H. The van der Waals surface area contributed by atoms with Crippen molar-refractivity contribution in [3.05, 3.63) is 48.3 Å². The maximum absolute atomic E-state index is 13.2. The van der Waals surface area contributed by atoms with Crippen LogP contribution in [0.5, 0.6) is 0 Å². The number of benzene rings is 1. The van der Waals surface area contributed by atoms with Gasteiger partial charge < -0.3 is 15.5 Å². The van der Waals surface area contributed by atoms with Crippen LogP contribution in [0.1, 0.15) is 39.2 Å². The highest BCUT2D eigenvalue weighted by molar-refractivity contribution is 5.96. The van der Waals surface area contributed by atoms with Crippen molar-refractivity contribution in [1.82, 2.24) is 20.0 Å². The van der Waals surface area contributed by atoms with Crippen molar-refractivity contribution >= 4 is 29.9 Å². The summed E-state index contributed by atoms with van der Waals surface area (Å²) in [7, 11) is 0. The number of carbonyl (C=O) groups excluding carboxylic acids is 2. The third-order valence-corrected chi connectivity index (χ3v) is 5.39. The van der Waals surface area contributed by atoms with Gasteiger partial charge in [0.15, 0.2) is 0 Å². The molecule has 3 rings (SSSR count). The zero-order chi connectivity index (χ0) is 20.1. The van der Waals surface area contributed by atoms with Crippen molar-refractivity contribution in [1.29, 1.82) is 0 Å². The molecule has 2 N–H and O–H groups in total. The highest BCUT2D eigenvalue weighted by Crippen LogP contribution is 2.28. The molecule has 158 valence electrons. The van der Waals surface area contributed by atoms with Crippen LogP contribution in [0.2, 0.25) is 0 Å². The van der Waals surface area contributed by atoms with Gasteiger partial charge in [0.05, 0.1) is 0 Å². The largest absolute Gasteiger partial charge is 0.336 e. The van der Waals surface area contributed by atoms with E-state index in [1.807, 2.05) is 55.3 Å². The maximum atomic E-state index is 13.2. The first kappa shape index (κ1) is 22.9. The molecule has 8 heteroatoms. The number of amides is 2. The summed E-state index contributed by atoms with van der Waals surface area (Å²) in [5, 5.41) is 10.7. The lowest BCUT2D eigenvalue weighted by Crippen LogP contribution is -2.52.